The zero-order chi connectivity index (χ0) is 9.00. The predicted molar refractivity (Wildman–Crippen MR) is 47.1 cm³/mol. The van der Waals surface area contributed by atoms with Crippen molar-refractivity contribution in [1.82, 2.24) is 12.3 Å². The first kappa shape index (κ1) is 29.3. The summed E-state index contributed by atoms with van der Waals surface area (Å²) < 4.78 is 17.8. The normalized spacial score (nSPS) is 9.08. The maximum absolute atomic E-state index is 8.88. The van der Waals surface area contributed by atoms with Gasteiger partial charge in [0.25, 0.3) is 0 Å². The van der Waals surface area contributed by atoms with Crippen LogP contribution >= 0.6 is 15.6 Å². The molecule has 12 N–H and O–H groups in total. The molecule has 0 unspecified atom stereocenters. The number of phosphoric acid groups is 2. The van der Waals surface area contributed by atoms with Gasteiger partial charge >= 0.3 is 53.4 Å². The minimum atomic E-state index is -4.64. The zero-order valence-corrected chi connectivity index (χ0v) is 7.60. The molecule has 10 nitrogen and oxygen atoms in total. The number of hydrogen-bond donors (Lipinski definition) is 8. The van der Waals surface area contributed by atoms with Gasteiger partial charge in [0.15, 0.2) is 0 Å². The third-order valence-corrected chi connectivity index (χ3v) is 0. The molecule has 0 fully saturated rings. The van der Waals surface area contributed by atoms with Gasteiger partial charge in [-0.3, -0.25) is 0 Å². The third kappa shape index (κ3) is 889. The van der Waals surface area contributed by atoms with Gasteiger partial charge in [-0.05, 0) is 0 Å². The molecule has 0 saturated carbocycles. The van der Waals surface area contributed by atoms with Gasteiger partial charge in [0.2, 0.25) is 0 Å². The van der Waals surface area contributed by atoms with E-state index < -0.39 is 15.6 Å². The van der Waals surface area contributed by atoms with Gasteiger partial charge in [0.05, 0.1) is 0 Å². The molecule has 0 aliphatic heterocycles. The van der Waals surface area contributed by atoms with Crippen LogP contribution in [-0.4, -0.2) is 67.1 Å². The Hall–Kier alpha value is 1.40. The standard InChI is InChI=1S/Ca.2H3N.2H3O4P.2H/c;;;2*1-5(2,3)4;;/h;2*1H3;2*(H3,1,2,3,4);;. The van der Waals surface area contributed by atoms with Crippen molar-refractivity contribution in [2.45, 2.75) is 0 Å². The van der Waals surface area contributed by atoms with Crippen molar-refractivity contribution in [3.63, 3.8) is 0 Å². The summed E-state index contributed by atoms with van der Waals surface area (Å²) in [6.45, 7) is 0. The van der Waals surface area contributed by atoms with E-state index in [-0.39, 0.29) is 50.0 Å². The molecule has 0 amide bonds. The average molecular weight is 272 g/mol. The van der Waals surface area contributed by atoms with Crippen LogP contribution in [-0.2, 0) is 9.13 Å². The Morgan fingerprint density at radius 1 is 0.615 bits per heavy atom. The molecule has 0 aromatic heterocycles. The monoisotopic (exact) mass is 272 g/mol. The van der Waals surface area contributed by atoms with Crippen LogP contribution in [0.5, 0.6) is 0 Å². The van der Waals surface area contributed by atoms with E-state index in [0.29, 0.717) is 0 Å². The van der Waals surface area contributed by atoms with E-state index in [0.717, 1.165) is 0 Å². The van der Waals surface area contributed by atoms with Crippen molar-refractivity contribution in [3.8, 4) is 0 Å². The van der Waals surface area contributed by atoms with E-state index in [1.165, 1.54) is 0 Å². The first-order valence-corrected chi connectivity index (χ1v) is 4.70. The summed E-state index contributed by atoms with van der Waals surface area (Å²) in [5.74, 6) is 0. The second-order valence-electron chi connectivity index (χ2n) is 1.03. The molecule has 0 bridgehead atoms. The van der Waals surface area contributed by atoms with Crippen molar-refractivity contribution < 1.29 is 38.5 Å². The maximum atomic E-state index is 8.88. The van der Waals surface area contributed by atoms with E-state index >= 15 is 0 Å². The summed E-state index contributed by atoms with van der Waals surface area (Å²) in [6.07, 6.45) is 0. The Labute approximate surface area is 104 Å². The van der Waals surface area contributed by atoms with Gasteiger partial charge in [-0.2, -0.15) is 0 Å². The van der Waals surface area contributed by atoms with Crippen LogP contribution in [0.2, 0.25) is 0 Å². The second kappa shape index (κ2) is 11.5. The van der Waals surface area contributed by atoms with Gasteiger partial charge < -0.3 is 41.7 Å². The number of rotatable bonds is 0. The van der Waals surface area contributed by atoms with Crippen molar-refractivity contribution in [3.05, 3.63) is 0 Å². The van der Waals surface area contributed by atoms with Gasteiger partial charge in [-0.25, -0.2) is 9.13 Å². The van der Waals surface area contributed by atoms with Crippen LogP contribution < -0.4 is 12.3 Å². The Balaban J connectivity index is -0.0000000267. The fourth-order valence-electron chi connectivity index (χ4n) is 0. The summed E-state index contributed by atoms with van der Waals surface area (Å²) in [5.41, 5.74) is 0. The second-order valence-corrected chi connectivity index (χ2v) is 3.08. The summed E-state index contributed by atoms with van der Waals surface area (Å²) in [7, 11) is -9.28. The van der Waals surface area contributed by atoms with Gasteiger partial charge in [0.1, 0.15) is 0 Å². The Morgan fingerprint density at radius 2 is 0.615 bits per heavy atom. The molecular formula is H14CaN2O8P2. The predicted octanol–water partition coefficient (Wildman–Crippen LogP) is -2.45. The molecule has 0 aliphatic carbocycles. The van der Waals surface area contributed by atoms with Gasteiger partial charge in [-0.15, -0.1) is 0 Å². The molecule has 13 heteroatoms. The molecule has 0 spiro atoms. The van der Waals surface area contributed by atoms with E-state index in [9.17, 15) is 0 Å². The molecule has 0 radical (unpaired) electrons. The van der Waals surface area contributed by atoms with Crippen LogP contribution in [0.4, 0.5) is 0 Å². The summed E-state index contributed by atoms with van der Waals surface area (Å²) >= 11 is 0. The SMILES string of the molecule is N.N.O=P(O)(O)O.O=P(O)(O)O.[CaH2]. The summed E-state index contributed by atoms with van der Waals surface area (Å²) in [5, 5.41) is 0. The van der Waals surface area contributed by atoms with Crippen LogP contribution in [0.25, 0.3) is 0 Å². The van der Waals surface area contributed by atoms with Crippen LogP contribution in [0.15, 0.2) is 0 Å². The summed E-state index contributed by atoms with van der Waals surface area (Å²) in [6, 6.07) is 0. The molecule has 0 heterocycles. The van der Waals surface area contributed by atoms with Gasteiger partial charge in [-0.1, -0.05) is 0 Å². The van der Waals surface area contributed by atoms with Crippen LogP contribution in [0.1, 0.15) is 0 Å². The summed E-state index contributed by atoms with van der Waals surface area (Å²) in [4.78, 5) is 43.1. The van der Waals surface area contributed by atoms with Crippen molar-refractivity contribution in [2.75, 3.05) is 0 Å². The number of hydrogen-bond acceptors (Lipinski definition) is 4. The van der Waals surface area contributed by atoms with Crippen molar-refractivity contribution in [2.24, 2.45) is 0 Å². The van der Waals surface area contributed by atoms with E-state index in [4.69, 9.17) is 38.5 Å². The molecule has 0 aliphatic rings. The Kier molecular flexibility index (Phi) is 25.8. The molecule has 13 heavy (non-hydrogen) atoms. The van der Waals surface area contributed by atoms with Gasteiger partial charge in [0, 0.05) is 0 Å². The quantitative estimate of drug-likeness (QED) is 0.171. The first-order chi connectivity index (χ1) is 4.00. The van der Waals surface area contributed by atoms with Crippen LogP contribution in [0.3, 0.4) is 0 Å². The third-order valence-electron chi connectivity index (χ3n) is 0. The average Bonchev–Trinajstić information content (AvgIpc) is 1.12. The fourth-order valence-corrected chi connectivity index (χ4v) is 0. The Bertz CT molecular complexity index is 132. The molecule has 0 aromatic carbocycles. The zero-order valence-electron chi connectivity index (χ0n) is 5.81. The van der Waals surface area contributed by atoms with Crippen LogP contribution in [0, 0.1) is 0 Å². The molecule has 0 saturated heterocycles. The molecular weight excluding hydrogens is 258 g/mol. The molecule has 84 valence electrons. The van der Waals surface area contributed by atoms with E-state index in [1.807, 2.05) is 0 Å². The molecule has 0 atom stereocenters. The van der Waals surface area contributed by atoms with E-state index in [2.05, 4.69) is 0 Å². The topological polar surface area (TPSA) is 226 Å². The van der Waals surface area contributed by atoms with Crippen molar-refractivity contribution >= 4 is 53.4 Å². The molecule has 0 rings (SSSR count). The minimum absolute atomic E-state index is 0. The molecule has 0 aromatic rings. The van der Waals surface area contributed by atoms with Crippen molar-refractivity contribution in [1.29, 1.82) is 0 Å². The fraction of sp³-hybridized carbons (Fsp3) is 0. The Morgan fingerprint density at radius 3 is 0.615 bits per heavy atom. The first-order valence-electron chi connectivity index (χ1n) is 1.57. The van der Waals surface area contributed by atoms with E-state index in [1.54, 1.807) is 0 Å².